The molecule has 198 valence electrons. The minimum Gasteiger partial charge on any atom is -0.258 e. The molecule has 0 aliphatic carbocycles. The maximum Gasteiger partial charge on any atom is 0.280 e. The lowest BCUT2D eigenvalue weighted by Crippen LogP contribution is -2.06. The third kappa shape index (κ3) is 6.42. The Labute approximate surface area is 247 Å². The molecule has 0 bridgehead atoms. The van der Waals surface area contributed by atoms with Crippen molar-refractivity contribution in [1.82, 2.24) is 0 Å². The van der Waals surface area contributed by atoms with Crippen molar-refractivity contribution in [1.29, 1.82) is 0 Å². The van der Waals surface area contributed by atoms with Gasteiger partial charge in [-0.3, -0.25) is 40.5 Å². The zero-order valence-electron chi connectivity index (χ0n) is 18.6. The van der Waals surface area contributed by atoms with Gasteiger partial charge in [0, 0.05) is 23.3 Å². The molecule has 0 saturated heterocycles. The summed E-state index contributed by atoms with van der Waals surface area (Å²) in [5.74, 6) is 0. The lowest BCUT2D eigenvalue weighted by atomic mass is 9.98. The van der Waals surface area contributed by atoms with Crippen molar-refractivity contribution >= 4 is 86.5 Å². The fraction of sp³-hybridized carbons (Fsp3) is 0.182. The molecule has 0 N–H and O–H groups in total. The molecule has 16 heteroatoms. The van der Waals surface area contributed by atoms with Gasteiger partial charge in [-0.25, -0.2) is 0 Å². The summed E-state index contributed by atoms with van der Waals surface area (Å²) in [5, 5.41) is 45.1. The molecule has 3 rings (SSSR count). The topological polar surface area (TPSA) is 173 Å². The molecule has 3 aromatic rings. The highest BCUT2D eigenvalue weighted by Gasteiger charge is 2.31. The Hall–Kier alpha value is -2.82. The Morgan fingerprint density at radius 2 is 0.789 bits per heavy atom. The lowest BCUT2D eigenvalue weighted by molar-refractivity contribution is -0.394. The van der Waals surface area contributed by atoms with Crippen molar-refractivity contribution in [3.8, 4) is 0 Å². The maximum atomic E-state index is 11.5. The number of alkyl halides is 4. The fourth-order valence-corrected chi connectivity index (χ4v) is 6.16. The summed E-state index contributed by atoms with van der Waals surface area (Å²) in [6.07, 6.45) is 0. The van der Waals surface area contributed by atoms with Crippen molar-refractivity contribution in [3.63, 3.8) is 0 Å². The van der Waals surface area contributed by atoms with Crippen molar-refractivity contribution in [2.45, 2.75) is 19.3 Å². The number of nitro groups is 4. The van der Waals surface area contributed by atoms with Crippen LogP contribution in [0, 0.1) is 40.5 Å². The third-order valence-electron chi connectivity index (χ3n) is 5.52. The molecule has 38 heavy (non-hydrogen) atoms. The second-order valence-electron chi connectivity index (χ2n) is 7.79. The smallest absolute Gasteiger partial charge is 0.258 e. The van der Waals surface area contributed by atoms with Crippen LogP contribution in [0.15, 0.2) is 60.7 Å². The Morgan fingerprint density at radius 3 is 1.05 bits per heavy atom. The molecule has 0 unspecified atom stereocenters. The maximum absolute atomic E-state index is 11.5. The van der Waals surface area contributed by atoms with Gasteiger partial charge in [-0.05, 0) is 23.3 Å². The molecule has 0 aliphatic heterocycles. The average Bonchev–Trinajstić information content (AvgIpc) is 2.90. The van der Waals surface area contributed by atoms with Gasteiger partial charge in [0.15, 0.2) is 0 Å². The molecule has 0 radical (unpaired) electrons. The molecule has 0 fully saturated rings. The monoisotopic (exact) mass is 778 g/mol. The molecule has 0 spiro atoms. The molecular formula is C22H14Br4N4O8. The Bertz CT molecular complexity index is 1320. The first-order valence-corrected chi connectivity index (χ1v) is 14.0. The number of hydrogen-bond donors (Lipinski definition) is 0. The van der Waals surface area contributed by atoms with Gasteiger partial charge in [-0.1, -0.05) is 88.0 Å². The van der Waals surface area contributed by atoms with E-state index in [-0.39, 0.29) is 11.1 Å². The fourth-order valence-electron chi connectivity index (χ4n) is 3.59. The van der Waals surface area contributed by atoms with Crippen LogP contribution < -0.4 is 0 Å². The van der Waals surface area contributed by atoms with Crippen molar-refractivity contribution in [3.05, 3.63) is 123 Å². The summed E-state index contributed by atoms with van der Waals surface area (Å²) in [5.41, 5.74) is 0.384. The quantitative estimate of drug-likeness (QED) is 0.112. The number of halogens is 4. The van der Waals surface area contributed by atoms with Gasteiger partial charge >= 0.3 is 0 Å². The van der Waals surface area contributed by atoms with E-state index in [2.05, 4.69) is 63.7 Å². The predicted octanol–water partition coefficient (Wildman–Crippen LogP) is 8.46. The largest absolute Gasteiger partial charge is 0.280 e. The van der Waals surface area contributed by atoms with E-state index < -0.39 is 61.8 Å². The molecule has 4 atom stereocenters. The van der Waals surface area contributed by atoms with E-state index in [1.807, 2.05) is 0 Å². The molecule has 0 amide bonds. The van der Waals surface area contributed by atoms with Crippen LogP contribution in [-0.2, 0) is 0 Å². The summed E-state index contributed by atoms with van der Waals surface area (Å²) in [6.45, 7) is 0. The molecule has 3 aromatic carbocycles. The summed E-state index contributed by atoms with van der Waals surface area (Å²) < 4.78 is 0. The first-order chi connectivity index (χ1) is 17.8. The Morgan fingerprint density at radius 1 is 0.474 bits per heavy atom. The van der Waals surface area contributed by atoms with Gasteiger partial charge in [0.2, 0.25) is 0 Å². The van der Waals surface area contributed by atoms with E-state index in [1.54, 1.807) is 24.3 Å². The van der Waals surface area contributed by atoms with Crippen molar-refractivity contribution in [2.24, 2.45) is 0 Å². The van der Waals surface area contributed by atoms with Crippen LogP contribution in [0.5, 0.6) is 0 Å². The van der Waals surface area contributed by atoms with Crippen LogP contribution in [0.25, 0.3) is 0 Å². The minimum absolute atomic E-state index is 0.246. The Balaban J connectivity index is 1.86. The first kappa shape index (κ1) is 29.7. The molecule has 0 heterocycles. The van der Waals surface area contributed by atoms with E-state index in [9.17, 15) is 40.5 Å². The Kier molecular flexibility index (Phi) is 9.67. The van der Waals surface area contributed by atoms with Gasteiger partial charge in [-0.2, -0.15) is 0 Å². The van der Waals surface area contributed by atoms with E-state index in [4.69, 9.17) is 0 Å². The molecule has 0 saturated carbocycles. The second-order valence-corrected chi connectivity index (χ2v) is 11.7. The molecule has 0 aromatic heterocycles. The molecular weight excluding hydrogens is 768 g/mol. The van der Waals surface area contributed by atoms with Gasteiger partial charge in [-0.15, -0.1) is 0 Å². The average molecular weight is 782 g/mol. The minimum atomic E-state index is -0.705. The summed E-state index contributed by atoms with van der Waals surface area (Å²) >= 11 is 14.0. The van der Waals surface area contributed by atoms with Gasteiger partial charge < -0.3 is 0 Å². The van der Waals surface area contributed by atoms with Gasteiger partial charge in [0.05, 0.1) is 51.1 Å². The van der Waals surface area contributed by atoms with Crippen molar-refractivity contribution in [2.75, 3.05) is 0 Å². The number of non-ortho nitro benzene ring substituents is 2. The summed E-state index contributed by atoms with van der Waals surface area (Å²) in [4.78, 5) is 40.2. The standard InChI is InChI=1S/C22H14Br4N4O8/c23-19(21(25)15-7-5-13(27(31)32)9-17(15)29(35)36)11-1-2-12(4-3-11)20(24)22(26)16-8-6-14(28(33)34)10-18(16)30(37)38/h1-10,19-22H/t19-,20+,21-,22-/m0/s1. The normalized spacial score (nSPS) is 14.2. The van der Waals surface area contributed by atoms with Crippen LogP contribution in [0.2, 0.25) is 0 Å². The van der Waals surface area contributed by atoms with E-state index in [0.29, 0.717) is 0 Å². The van der Waals surface area contributed by atoms with E-state index >= 15 is 0 Å². The number of benzene rings is 3. The van der Waals surface area contributed by atoms with Gasteiger partial charge in [0.1, 0.15) is 0 Å². The number of nitro benzene ring substituents is 4. The zero-order valence-corrected chi connectivity index (χ0v) is 25.0. The van der Waals surface area contributed by atoms with E-state index in [0.717, 1.165) is 23.3 Å². The lowest BCUT2D eigenvalue weighted by Gasteiger charge is -2.20. The van der Waals surface area contributed by atoms with E-state index in [1.165, 1.54) is 24.3 Å². The van der Waals surface area contributed by atoms with Crippen molar-refractivity contribution < 1.29 is 19.7 Å². The van der Waals surface area contributed by atoms with Crippen LogP contribution in [0.1, 0.15) is 41.6 Å². The van der Waals surface area contributed by atoms with Crippen LogP contribution in [-0.4, -0.2) is 19.7 Å². The highest BCUT2D eigenvalue weighted by Crippen LogP contribution is 2.48. The first-order valence-electron chi connectivity index (χ1n) is 10.3. The highest BCUT2D eigenvalue weighted by molar-refractivity contribution is 9.12. The molecule has 12 nitrogen and oxygen atoms in total. The number of rotatable bonds is 10. The van der Waals surface area contributed by atoms with Crippen LogP contribution in [0.4, 0.5) is 22.7 Å². The SMILES string of the molecule is O=[N+]([O-])c1ccc([C@H](Br)[C@H](Br)c2ccc([C@H](Br)[C@@H](Br)c3ccc([N+](=O)[O-])cc3[N+](=O)[O-])cc2)c([N+](=O)[O-])c1. The second kappa shape index (κ2) is 12.4. The van der Waals surface area contributed by atoms with Gasteiger partial charge in [0.25, 0.3) is 22.7 Å². The summed E-state index contributed by atoms with van der Waals surface area (Å²) in [6, 6.07) is 13.9. The van der Waals surface area contributed by atoms with Crippen LogP contribution in [0.3, 0.4) is 0 Å². The number of nitrogens with zero attached hydrogens (tertiary/aromatic N) is 4. The third-order valence-corrected chi connectivity index (χ3v) is 11.1. The summed E-state index contributed by atoms with van der Waals surface area (Å²) in [7, 11) is 0. The predicted molar refractivity (Wildman–Crippen MR) is 153 cm³/mol. The highest BCUT2D eigenvalue weighted by atomic mass is 79.9. The number of hydrogen-bond acceptors (Lipinski definition) is 8. The zero-order chi connectivity index (χ0) is 28.3. The van der Waals surface area contributed by atoms with Crippen LogP contribution >= 0.6 is 63.7 Å². The molecule has 0 aliphatic rings.